The first kappa shape index (κ1) is 13.3. The zero-order chi connectivity index (χ0) is 12.1. The first-order valence-corrected chi connectivity index (χ1v) is 5.70. The Labute approximate surface area is 104 Å². The van der Waals surface area contributed by atoms with Crippen LogP contribution in [-0.2, 0) is 4.79 Å². The van der Waals surface area contributed by atoms with Gasteiger partial charge in [-0.3, -0.25) is 4.79 Å². The SMILES string of the molecule is CCC(CO)C(=O)Nc1ccc(Cl)cc1Cl. The van der Waals surface area contributed by atoms with Crippen molar-refractivity contribution in [3.8, 4) is 0 Å². The Bertz CT molecular complexity index is 378. The lowest BCUT2D eigenvalue weighted by Crippen LogP contribution is -2.25. The van der Waals surface area contributed by atoms with Crippen LogP contribution in [0.2, 0.25) is 10.0 Å². The molecular weight excluding hydrogens is 249 g/mol. The fraction of sp³-hybridized carbons (Fsp3) is 0.364. The molecule has 0 saturated heterocycles. The van der Waals surface area contributed by atoms with Crippen molar-refractivity contribution in [3.05, 3.63) is 28.2 Å². The van der Waals surface area contributed by atoms with Crippen LogP contribution in [0.4, 0.5) is 5.69 Å². The van der Waals surface area contributed by atoms with Gasteiger partial charge >= 0.3 is 0 Å². The van der Waals surface area contributed by atoms with E-state index in [0.29, 0.717) is 22.2 Å². The number of hydrogen-bond acceptors (Lipinski definition) is 2. The van der Waals surface area contributed by atoms with E-state index in [-0.39, 0.29) is 12.5 Å². The van der Waals surface area contributed by atoms with E-state index in [1.54, 1.807) is 18.2 Å². The maximum Gasteiger partial charge on any atom is 0.229 e. The van der Waals surface area contributed by atoms with Crippen LogP contribution in [0.25, 0.3) is 0 Å². The molecule has 1 rings (SSSR count). The molecule has 1 unspecified atom stereocenters. The molecule has 5 heteroatoms. The Kier molecular flexibility index (Phi) is 5.06. The number of carbonyl (C=O) groups is 1. The van der Waals surface area contributed by atoms with Crippen molar-refractivity contribution in [2.45, 2.75) is 13.3 Å². The Morgan fingerprint density at radius 2 is 2.19 bits per heavy atom. The topological polar surface area (TPSA) is 49.3 Å². The largest absolute Gasteiger partial charge is 0.396 e. The second kappa shape index (κ2) is 6.09. The average Bonchev–Trinajstić information content (AvgIpc) is 2.24. The molecule has 0 bridgehead atoms. The van der Waals surface area contributed by atoms with Gasteiger partial charge in [-0.05, 0) is 24.6 Å². The lowest BCUT2D eigenvalue weighted by Gasteiger charge is -2.13. The first-order valence-electron chi connectivity index (χ1n) is 4.95. The van der Waals surface area contributed by atoms with E-state index >= 15 is 0 Å². The molecule has 1 aromatic rings. The third-order valence-electron chi connectivity index (χ3n) is 2.27. The molecule has 1 amide bonds. The monoisotopic (exact) mass is 261 g/mol. The van der Waals surface area contributed by atoms with Crippen LogP contribution >= 0.6 is 23.2 Å². The highest BCUT2D eigenvalue weighted by atomic mass is 35.5. The first-order chi connectivity index (χ1) is 7.58. The summed E-state index contributed by atoms with van der Waals surface area (Å²) >= 11 is 11.6. The predicted octanol–water partition coefficient (Wildman–Crippen LogP) is 2.95. The number of amides is 1. The van der Waals surface area contributed by atoms with Gasteiger partial charge in [0.2, 0.25) is 5.91 Å². The zero-order valence-corrected chi connectivity index (χ0v) is 10.3. The summed E-state index contributed by atoms with van der Waals surface area (Å²) < 4.78 is 0. The molecule has 0 spiro atoms. The number of aliphatic hydroxyl groups is 1. The van der Waals surface area contributed by atoms with E-state index in [9.17, 15) is 4.79 Å². The third-order valence-corrected chi connectivity index (χ3v) is 2.82. The van der Waals surface area contributed by atoms with E-state index in [1.165, 1.54) is 0 Å². The van der Waals surface area contributed by atoms with Crippen LogP contribution in [-0.4, -0.2) is 17.6 Å². The molecule has 2 N–H and O–H groups in total. The number of benzene rings is 1. The Morgan fingerprint density at radius 1 is 1.50 bits per heavy atom. The minimum atomic E-state index is -0.410. The van der Waals surface area contributed by atoms with E-state index in [2.05, 4.69) is 5.32 Å². The summed E-state index contributed by atoms with van der Waals surface area (Å²) in [7, 11) is 0. The van der Waals surface area contributed by atoms with E-state index in [4.69, 9.17) is 28.3 Å². The molecular formula is C11H13Cl2NO2. The average molecular weight is 262 g/mol. The molecule has 0 aliphatic carbocycles. The Balaban J connectivity index is 2.76. The molecule has 1 aromatic carbocycles. The fourth-order valence-electron chi connectivity index (χ4n) is 1.22. The van der Waals surface area contributed by atoms with Gasteiger partial charge in [0, 0.05) is 5.02 Å². The van der Waals surface area contributed by atoms with E-state index in [0.717, 1.165) is 0 Å². The fourth-order valence-corrected chi connectivity index (χ4v) is 1.68. The van der Waals surface area contributed by atoms with Crippen molar-refractivity contribution in [1.29, 1.82) is 0 Å². The molecule has 0 heterocycles. The van der Waals surface area contributed by atoms with Gasteiger partial charge < -0.3 is 10.4 Å². The third kappa shape index (κ3) is 3.37. The van der Waals surface area contributed by atoms with Gasteiger partial charge in [-0.2, -0.15) is 0 Å². The summed E-state index contributed by atoms with van der Waals surface area (Å²) in [6.45, 7) is 1.66. The van der Waals surface area contributed by atoms with Crippen LogP contribution in [0.15, 0.2) is 18.2 Å². The number of anilines is 1. The summed E-state index contributed by atoms with van der Waals surface area (Å²) in [5.41, 5.74) is 0.503. The molecule has 0 fully saturated rings. The Hall–Kier alpha value is -0.770. The summed E-state index contributed by atoms with van der Waals surface area (Å²) in [5, 5.41) is 12.5. The number of carbonyl (C=O) groups excluding carboxylic acids is 1. The number of nitrogens with one attached hydrogen (secondary N) is 1. The molecule has 0 aliphatic heterocycles. The van der Waals surface area contributed by atoms with Crippen molar-refractivity contribution in [2.24, 2.45) is 5.92 Å². The lowest BCUT2D eigenvalue weighted by molar-refractivity contribution is -0.121. The minimum Gasteiger partial charge on any atom is -0.396 e. The molecule has 3 nitrogen and oxygen atoms in total. The Morgan fingerprint density at radius 3 is 2.69 bits per heavy atom. The molecule has 0 radical (unpaired) electrons. The highest BCUT2D eigenvalue weighted by Crippen LogP contribution is 2.25. The zero-order valence-electron chi connectivity index (χ0n) is 8.84. The predicted molar refractivity (Wildman–Crippen MR) is 66.0 cm³/mol. The summed E-state index contributed by atoms with van der Waals surface area (Å²) in [6.07, 6.45) is 0.577. The van der Waals surface area contributed by atoms with Crippen molar-refractivity contribution >= 4 is 34.8 Å². The second-order valence-corrected chi connectivity index (χ2v) is 4.24. The summed E-state index contributed by atoms with van der Waals surface area (Å²) in [4.78, 5) is 11.6. The summed E-state index contributed by atoms with van der Waals surface area (Å²) in [5.74, 6) is -0.652. The summed E-state index contributed by atoms with van der Waals surface area (Å²) in [6, 6.07) is 4.83. The highest BCUT2D eigenvalue weighted by molar-refractivity contribution is 6.36. The van der Waals surface area contributed by atoms with E-state index < -0.39 is 5.92 Å². The molecule has 1 atom stereocenters. The van der Waals surface area contributed by atoms with Crippen molar-refractivity contribution in [2.75, 3.05) is 11.9 Å². The van der Waals surface area contributed by atoms with Crippen LogP contribution in [0.3, 0.4) is 0 Å². The molecule has 0 aromatic heterocycles. The van der Waals surface area contributed by atoms with Gasteiger partial charge in [-0.15, -0.1) is 0 Å². The van der Waals surface area contributed by atoms with Crippen molar-refractivity contribution in [3.63, 3.8) is 0 Å². The van der Waals surface area contributed by atoms with Crippen molar-refractivity contribution in [1.82, 2.24) is 0 Å². The normalized spacial score (nSPS) is 12.2. The van der Waals surface area contributed by atoms with Gasteiger partial charge in [0.1, 0.15) is 0 Å². The number of halogens is 2. The van der Waals surface area contributed by atoms with E-state index in [1.807, 2.05) is 6.92 Å². The van der Waals surface area contributed by atoms with Crippen LogP contribution < -0.4 is 5.32 Å². The standard InChI is InChI=1S/C11H13Cl2NO2/c1-2-7(6-15)11(16)14-10-4-3-8(12)5-9(10)13/h3-5,7,15H,2,6H2,1H3,(H,14,16). The molecule has 0 aliphatic rings. The lowest BCUT2D eigenvalue weighted by atomic mass is 10.1. The van der Waals surface area contributed by atoms with Crippen LogP contribution in [0, 0.1) is 5.92 Å². The molecule has 0 saturated carbocycles. The smallest absolute Gasteiger partial charge is 0.229 e. The van der Waals surface area contributed by atoms with Gasteiger partial charge in [-0.1, -0.05) is 30.1 Å². The highest BCUT2D eigenvalue weighted by Gasteiger charge is 2.16. The molecule has 16 heavy (non-hydrogen) atoms. The number of rotatable bonds is 4. The quantitative estimate of drug-likeness (QED) is 0.876. The number of aliphatic hydroxyl groups excluding tert-OH is 1. The maximum atomic E-state index is 11.6. The van der Waals surface area contributed by atoms with Gasteiger partial charge in [0.15, 0.2) is 0 Å². The molecule has 88 valence electrons. The van der Waals surface area contributed by atoms with Crippen LogP contribution in [0.5, 0.6) is 0 Å². The van der Waals surface area contributed by atoms with Gasteiger partial charge in [0.25, 0.3) is 0 Å². The number of hydrogen-bond donors (Lipinski definition) is 2. The maximum absolute atomic E-state index is 11.6. The second-order valence-electron chi connectivity index (χ2n) is 3.40. The van der Waals surface area contributed by atoms with Crippen molar-refractivity contribution < 1.29 is 9.90 Å². The minimum absolute atomic E-state index is 0.173. The van der Waals surface area contributed by atoms with Crippen LogP contribution in [0.1, 0.15) is 13.3 Å². The van der Waals surface area contributed by atoms with Gasteiger partial charge in [0.05, 0.1) is 23.2 Å². The van der Waals surface area contributed by atoms with Gasteiger partial charge in [-0.25, -0.2) is 0 Å².